The van der Waals surface area contributed by atoms with Crippen molar-refractivity contribution in [2.75, 3.05) is 13.2 Å². The van der Waals surface area contributed by atoms with Crippen LogP contribution in [0.5, 0.6) is 5.75 Å². The van der Waals surface area contributed by atoms with E-state index in [4.69, 9.17) is 10.00 Å². The van der Waals surface area contributed by atoms with Gasteiger partial charge in [-0.3, -0.25) is 4.79 Å². The van der Waals surface area contributed by atoms with Crippen LogP contribution in [0, 0.1) is 11.3 Å². The summed E-state index contributed by atoms with van der Waals surface area (Å²) in [6, 6.07) is 11.2. The number of hydrogen-bond acceptors (Lipinski definition) is 4. The zero-order valence-electron chi connectivity index (χ0n) is 13.0. The van der Waals surface area contributed by atoms with Gasteiger partial charge in [-0.05, 0) is 54.1 Å². The Bertz CT molecular complexity index is 730. The second-order valence-corrected chi connectivity index (χ2v) is 6.49. The van der Waals surface area contributed by atoms with Gasteiger partial charge in [0.15, 0.2) is 6.61 Å². The Kier molecular flexibility index (Phi) is 4.63. The van der Waals surface area contributed by atoms with E-state index >= 15 is 0 Å². The highest BCUT2D eigenvalue weighted by Gasteiger charge is 2.30. The van der Waals surface area contributed by atoms with Crippen LogP contribution in [0.2, 0.25) is 0 Å². The summed E-state index contributed by atoms with van der Waals surface area (Å²) in [7, 11) is 0. The van der Waals surface area contributed by atoms with E-state index in [-0.39, 0.29) is 18.6 Å². The summed E-state index contributed by atoms with van der Waals surface area (Å²) in [4.78, 5) is 15.9. The van der Waals surface area contributed by atoms with Crippen molar-refractivity contribution in [3.05, 3.63) is 51.7 Å². The molecular weight excluding hydrogens is 308 g/mol. The lowest BCUT2D eigenvalue weighted by Crippen LogP contribution is -2.41. The maximum Gasteiger partial charge on any atom is 0.261 e. The maximum absolute atomic E-state index is 12.5. The standard InChI is InChI=1S/C18H18N2O2S/c1-2-16-15-8-10-23-17(15)7-9-20(16)18(21)12-22-14-5-3-13(11-19)4-6-14/h3-6,8,10,16H,2,7,9,12H2,1H3. The fourth-order valence-corrected chi connectivity index (χ4v) is 3.92. The SMILES string of the molecule is CCC1c2ccsc2CCN1C(=O)COc1ccc(C#N)cc1. The zero-order valence-corrected chi connectivity index (χ0v) is 13.8. The molecule has 0 fully saturated rings. The Morgan fingerprint density at radius 3 is 2.87 bits per heavy atom. The van der Waals surface area contributed by atoms with Gasteiger partial charge in [0.1, 0.15) is 5.75 Å². The molecule has 0 radical (unpaired) electrons. The van der Waals surface area contributed by atoms with Crippen molar-refractivity contribution in [2.45, 2.75) is 25.8 Å². The van der Waals surface area contributed by atoms with Gasteiger partial charge in [0.25, 0.3) is 5.91 Å². The van der Waals surface area contributed by atoms with Gasteiger partial charge < -0.3 is 9.64 Å². The number of fused-ring (bicyclic) bond motifs is 1. The van der Waals surface area contributed by atoms with Crippen molar-refractivity contribution >= 4 is 17.2 Å². The molecule has 4 nitrogen and oxygen atoms in total. The minimum absolute atomic E-state index is 0.0121. The van der Waals surface area contributed by atoms with Crippen LogP contribution < -0.4 is 4.74 Å². The highest BCUT2D eigenvalue weighted by molar-refractivity contribution is 7.10. The average Bonchev–Trinajstić information content (AvgIpc) is 3.07. The van der Waals surface area contributed by atoms with Gasteiger partial charge in [0.2, 0.25) is 0 Å². The Hall–Kier alpha value is -2.32. The first-order valence-corrected chi connectivity index (χ1v) is 8.59. The third-order valence-electron chi connectivity index (χ3n) is 4.15. The van der Waals surface area contributed by atoms with Gasteiger partial charge in [0.05, 0.1) is 17.7 Å². The molecule has 0 saturated carbocycles. The number of nitriles is 1. The maximum atomic E-state index is 12.5. The van der Waals surface area contributed by atoms with E-state index in [1.165, 1.54) is 10.4 Å². The summed E-state index contributed by atoms with van der Waals surface area (Å²) in [6.07, 6.45) is 1.83. The number of rotatable bonds is 4. The fourth-order valence-electron chi connectivity index (χ4n) is 2.99. The first-order chi connectivity index (χ1) is 11.2. The van der Waals surface area contributed by atoms with E-state index in [1.807, 2.05) is 4.90 Å². The molecule has 2 aromatic rings. The molecule has 3 rings (SSSR count). The Morgan fingerprint density at radius 2 is 2.17 bits per heavy atom. The van der Waals surface area contributed by atoms with E-state index in [2.05, 4.69) is 24.4 Å². The van der Waals surface area contributed by atoms with Crippen LogP contribution >= 0.6 is 11.3 Å². The van der Waals surface area contributed by atoms with Gasteiger partial charge >= 0.3 is 0 Å². The molecule has 0 N–H and O–H groups in total. The average molecular weight is 326 g/mol. The van der Waals surface area contributed by atoms with E-state index in [0.29, 0.717) is 11.3 Å². The fraction of sp³-hybridized carbons (Fsp3) is 0.333. The number of amides is 1. The van der Waals surface area contributed by atoms with Gasteiger partial charge in [-0.15, -0.1) is 11.3 Å². The van der Waals surface area contributed by atoms with E-state index < -0.39 is 0 Å². The van der Waals surface area contributed by atoms with Crippen LogP contribution in [0.15, 0.2) is 35.7 Å². The largest absolute Gasteiger partial charge is 0.484 e. The van der Waals surface area contributed by atoms with Crippen LogP contribution in [0.25, 0.3) is 0 Å². The van der Waals surface area contributed by atoms with Crippen molar-refractivity contribution in [1.29, 1.82) is 5.26 Å². The molecule has 1 amide bonds. The monoisotopic (exact) mass is 326 g/mol. The van der Waals surface area contributed by atoms with E-state index in [9.17, 15) is 4.79 Å². The summed E-state index contributed by atoms with van der Waals surface area (Å²) >= 11 is 1.78. The third kappa shape index (κ3) is 3.22. The quantitative estimate of drug-likeness (QED) is 0.863. The molecule has 1 aliphatic heterocycles. The number of thiophene rings is 1. The van der Waals surface area contributed by atoms with Crippen LogP contribution in [0.4, 0.5) is 0 Å². The molecule has 1 aromatic heterocycles. The number of hydrogen-bond donors (Lipinski definition) is 0. The van der Waals surface area contributed by atoms with Crippen LogP contribution in [0.3, 0.4) is 0 Å². The molecule has 0 bridgehead atoms. The Labute approximate surface area is 139 Å². The molecule has 23 heavy (non-hydrogen) atoms. The van der Waals surface area contributed by atoms with Crippen molar-refractivity contribution in [3.63, 3.8) is 0 Å². The first-order valence-electron chi connectivity index (χ1n) is 7.71. The molecule has 0 aliphatic carbocycles. The molecule has 1 aliphatic rings. The normalized spacial score (nSPS) is 16.5. The van der Waals surface area contributed by atoms with Crippen molar-refractivity contribution < 1.29 is 9.53 Å². The minimum Gasteiger partial charge on any atom is -0.484 e. The lowest BCUT2D eigenvalue weighted by atomic mass is 9.98. The van der Waals surface area contributed by atoms with Crippen LogP contribution in [0.1, 0.15) is 35.4 Å². The molecule has 118 valence electrons. The van der Waals surface area contributed by atoms with Crippen molar-refractivity contribution in [3.8, 4) is 11.8 Å². The molecule has 0 saturated heterocycles. The van der Waals surface area contributed by atoms with E-state index in [1.54, 1.807) is 35.6 Å². The van der Waals surface area contributed by atoms with E-state index in [0.717, 1.165) is 19.4 Å². The summed E-state index contributed by atoms with van der Waals surface area (Å²) in [5.41, 5.74) is 1.87. The van der Waals surface area contributed by atoms with Gasteiger partial charge in [-0.25, -0.2) is 0 Å². The number of nitrogens with zero attached hydrogens (tertiary/aromatic N) is 2. The summed E-state index contributed by atoms with van der Waals surface area (Å²) < 4.78 is 5.58. The predicted molar refractivity (Wildman–Crippen MR) is 89.4 cm³/mol. The third-order valence-corrected chi connectivity index (χ3v) is 5.14. The Morgan fingerprint density at radius 1 is 1.39 bits per heavy atom. The van der Waals surface area contributed by atoms with Gasteiger partial charge in [0, 0.05) is 11.4 Å². The number of benzene rings is 1. The first kappa shape index (κ1) is 15.6. The molecule has 1 unspecified atom stereocenters. The lowest BCUT2D eigenvalue weighted by Gasteiger charge is -2.35. The number of carbonyl (C=O) groups excluding carboxylic acids is 1. The number of carbonyl (C=O) groups is 1. The summed E-state index contributed by atoms with van der Waals surface area (Å²) in [6.45, 7) is 2.89. The minimum atomic E-state index is 0.0121. The van der Waals surface area contributed by atoms with Crippen LogP contribution in [-0.2, 0) is 11.2 Å². The number of ether oxygens (including phenoxy) is 1. The predicted octanol–water partition coefficient (Wildman–Crippen LogP) is 3.53. The Balaban J connectivity index is 1.65. The lowest BCUT2D eigenvalue weighted by molar-refractivity contribution is -0.136. The van der Waals surface area contributed by atoms with Gasteiger partial charge in [-0.2, -0.15) is 5.26 Å². The summed E-state index contributed by atoms with van der Waals surface area (Å²) in [5.74, 6) is 0.622. The second-order valence-electron chi connectivity index (χ2n) is 5.49. The molecule has 0 spiro atoms. The molecule has 1 aromatic carbocycles. The van der Waals surface area contributed by atoms with Gasteiger partial charge in [-0.1, -0.05) is 6.92 Å². The molecule has 5 heteroatoms. The summed E-state index contributed by atoms with van der Waals surface area (Å²) in [5, 5.41) is 10.9. The topological polar surface area (TPSA) is 53.3 Å². The molecule has 1 atom stereocenters. The second kappa shape index (κ2) is 6.84. The van der Waals surface area contributed by atoms with Crippen LogP contribution in [-0.4, -0.2) is 24.0 Å². The highest BCUT2D eigenvalue weighted by Crippen LogP contribution is 2.35. The van der Waals surface area contributed by atoms with Crippen molar-refractivity contribution in [2.24, 2.45) is 0 Å². The smallest absolute Gasteiger partial charge is 0.261 e. The highest BCUT2D eigenvalue weighted by atomic mass is 32.1. The van der Waals surface area contributed by atoms with Crippen molar-refractivity contribution in [1.82, 2.24) is 4.90 Å². The molecular formula is C18H18N2O2S. The molecule has 2 heterocycles. The zero-order chi connectivity index (χ0) is 16.2.